The minimum Gasteiger partial charge on any atom is -0.330 e. The minimum absolute atomic E-state index is 0.105. The molecule has 0 saturated heterocycles. The Morgan fingerprint density at radius 3 is 1.89 bits per heavy atom. The van der Waals surface area contributed by atoms with Crippen molar-refractivity contribution < 1.29 is 8.78 Å². The lowest BCUT2D eigenvalue weighted by atomic mass is 9.84. The molecule has 0 fully saturated rings. The van der Waals surface area contributed by atoms with Crippen molar-refractivity contribution in [2.75, 3.05) is 6.54 Å². The molecular weight excluding hydrogens is 244 g/mol. The van der Waals surface area contributed by atoms with Gasteiger partial charge >= 0.3 is 0 Å². The van der Waals surface area contributed by atoms with Gasteiger partial charge in [-0.2, -0.15) is 0 Å². The summed E-state index contributed by atoms with van der Waals surface area (Å²) in [4.78, 5) is 0. The molecule has 0 aliphatic rings. The van der Waals surface area contributed by atoms with Gasteiger partial charge in [0.2, 0.25) is 0 Å². The summed E-state index contributed by atoms with van der Waals surface area (Å²) in [6.07, 6.45) is 0. The van der Waals surface area contributed by atoms with Crippen LogP contribution in [0.2, 0.25) is 0 Å². The first-order valence-electron chi connectivity index (χ1n) is 6.19. The van der Waals surface area contributed by atoms with Gasteiger partial charge in [0.15, 0.2) is 0 Å². The summed E-state index contributed by atoms with van der Waals surface area (Å²) in [5, 5.41) is 0. The smallest absolute Gasteiger partial charge is 0.126 e. The second kappa shape index (κ2) is 5.10. The summed E-state index contributed by atoms with van der Waals surface area (Å²) in [7, 11) is 0. The normalized spacial score (nSPS) is 11.6. The lowest BCUT2D eigenvalue weighted by Gasteiger charge is -2.23. The summed E-state index contributed by atoms with van der Waals surface area (Å²) in [5.41, 5.74) is 8.05. The zero-order valence-corrected chi connectivity index (χ0v) is 11.1. The van der Waals surface area contributed by atoms with Crippen LogP contribution in [0.25, 0.3) is 11.1 Å². The van der Waals surface area contributed by atoms with Gasteiger partial charge in [0.25, 0.3) is 0 Å². The fourth-order valence-corrected chi connectivity index (χ4v) is 1.95. The summed E-state index contributed by atoms with van der Waals surface area (Å²) in [5.74, 6) is -1.14. The van der Waals surface area contributed by atoms with Gasteiger partial charge in [-0.1, -0.05) is 38.1 Å². The van der Waals surface area contributed by atoms with E-state index in [0.717, 1.165) is 17.2 Å². The standard InChI is InChI=1S/C16H17F2N/c1-16(2,10-19)13-5-3-11(4-6-13)12-7-14(17)9-15(18)8-12/h3-9H,10,19H2,1-2H3. The number of hydrogen-bond donors (Lipinski definition) is 1. The molecule has 2 rings (SSSR count). The third-order valence-electron chi connectivity index (χ3n) is 3.37. The van der Waals surface area contributed by atoms with Gasteiger partial charge in [-0.05, 0) is 28.8 Å². The third kappa shape index (κ3) is 2.99. The van der Waals surface area contributed by atoms with E-state index in [9.17, 15) is 8.78 Å². The van der Waals surface area contributed by atoms with Gasteiger partial charge in [-0.3, -0.25) is 0 Å². The Morgan fingerprint density at radius 1 is 0.895 bits per heavy atom. The Balaban J connectivity index is 2.37. The fourth-order valence-electron chi connectivity index (χ4n) is 1.95. The fraction of sp³-hybridized carbons (Fsp3) is 0.250. The van der Waals surface area contributed by atoms with Crippen LogP contribution in [-0.4, -0.2) is 6.54 Å². The van der Waals surface area contributed by atoms with Crippen molar-refractivity contribution >= 4 is 0 Å². The predicted molar refractivity (Wildman–Crippen MR) is 73.9 cm³/mol. The molecule has 0 unspecified atom stereocenters. The molecule has 2 aromatic rings. The Kier molecular flexibility index (Phi) is 3.67. The summed E-state index contributed by atoms with van der Waals surface area (Å²) in [6, 6.07) is 11.1. The molecule has 3 heteroatoms. The van der Waals surface area contributed by atoms with E-state index in [0.29, 0.717) is 12.1 Å². The topological polar surface area (TPSA) is 26.0 Å². The van der Waals surface area contributed by atoms with E-state index >= 15 is 0 Å². The lowest BCUT2D eigenvalue weighted by Crippen LogP contribution is -2.27. The van der Waals surface area contributed by atoms with Crippen molar-refractivity contribution in [1.29, 1.82) is 0 Å². The van der Waals surface area contributed by atoms with Crippen molar-refractivity contribution in [1.82, 2.24) is 0 Å². The molecule has 0 radical (unpaired) electrons. The summed E-state index contributed by atoms with van der Waals surface area (Å²) < 4.78 is 26.4. The Bertz CT molecular complexity index is 554. The third-order valence-corrected chi connectivity index (χ3v) is 3.37. The molecule has 2 N–H and O–H groups in total. The van der Waals surface area contributed by atoms with E-state index in [2.05, 4.69) is 13.8 Å². The van der Waals surface area contributed by atoms with Gasteiger partial charge in [-0.25, -0.2) is 8.78 Å². The highest BCUT2D eigenvalue weighted by atomic mass is 19.1. The Labute approximate surface area is 112 Å². The van der Waals surface area contributed by atoms with E-state index in [4.69, 9.17) is 5.73 Å². The SMILES string of the molecule is CC(C)(CN)c1ccc(-c2cc(F)cc(F)c2)cc1. The average Bonchev–Trinajstić information content (AvgIpc) is 2.38. The van der Waals surface area contributed by atoms with Crippen LogP contribution in [0, 0.1) is 11.6 Å². The molecule has 1 nitrogen and oxygen atoms in total. The van der Waals surface area contributed by atoms with Crippen LogP contribution in [0.5, 0.6) is 0 Å². The molecule has 2 aromatic carbocycles. The molecule has 0 aliphatic heterocycles. The quantitative estimate of drug-likeness (QED) is 0.891. The van der Waals surface area contributed by atoms with Crippen LogP contribution in [0.15, 0.2) is 42.5 Å². The lowest BCUT2D eigenvalue weighted by molar-refractivity contribution is 0.539. The van der Waals surface area contributed by atoms with Gasteiger partial charge in [0.05, 0.1) is 0 Å². The zero-order chi connectivity index (χ0) is 14.0. The van der Waals surface area contributed by atoms with Crippen molar-refractivity contribution in [3.8, 4) is 11.1 Å². The molecule has 0 heterocycles. The second-order valence-corrected chi connectivity index (χ2v) is 5.32. The van der Waals surface area contributed by atoms with E-state index in [1.165, 1.54) is 12.1 Å². The van der Waals surface area contributed by atoms with Crippen LogP contribution in [0.3, 0.4) is 0 Å². The number of rotatable bonds is 3. The Hall–Kier alpha value is -1.74. The number of benzene rings is 2. The largest absolute Gasteiger partial charge is 0.330 e. The highest BCUT2D eigenvalue weighted by Gasteiger charge is 2.18. The highest BCUT2D eigenvalue weighted by Crippen LogP contribution is 2.26. The van der Waals surface area contributed by atoms with Crippen LogP contribution in [-0.2, 0) is 5.41 Å². The molecule has 0 bridgehead atoms. The van der Waals surface area contributed by atoms with E-state index < -0.39 is 11.6 Å². The maximum absolute atomic E-state index is 13.2. The Morgan fingerprint density at radius 2 is 1.42 bits per heavy atom. The van der Waals surface area contributed by atoms with Crippen LogP contribution >= 0.6 is 0 Å². The maximum Gasteiger partial charge on any atom is 0.126 e. The minimum atomic E-state index is -0.568. The van der Waals surface area contributed by atoms with Gasteiger partial charge in [-0.15, -0.1) is 0 Å². The van der Waals surface area contributed by atoms with Crippen molar-refractivity contribution in [3.05, 3.63) is 59.7 Å². The van der Waals surface area contributed by atoms with E-state index in [1.807, 2.05) is 24.3 Å². The second-order valence-electron chi connectivity index (χ2n) is 5.32. The van der Waals surface area contributed by atoms with E-state index in [1.54, 1.807) is 0 Å². The van der Waals surface area contributed by atoms with E-state index in [-0.39, 0.29) is 5.41 Å². The van der Waals surface area contributed by atoms with Crippen molar-refractivity contribution in [3.63, 3.8) is 0 Å². The van der Waals surface area contributed by atoms with Crippen LogP contribution in [0.1, 0.15) is 19.4 Å². The van der Waals surface area contributed by atoms with Crippen molar-refractivity contribution in [2.24, 2.45) is 5.73 Å². The molecule has 100 valence electrons. The number of nitrogens with two attached hydrogens (primary N) is 1. The first kappa shape index (κ1) is 13.7. The highest BCUT2D eigenvalue weighted by molar-refractivity contribution is 5.64. The average molecular weight is 261 g/mol. The maximum atomic E-state index is 13.2. The number of halogens is 2. The monoisotopic (exact) mass is 261 g/mol. The molecule has 0 aliphatic carbocycles. The first-order valence-corrected chi connectivity index (χ1v) is 6.19. The number of hydrogen-bond acceptors (Lipinski definition) is 1. The molecule has 19 heavy (non-hydrogen) atoms. The van der Waals surface area contributed by atoms with Crippen LogP contribution < -0.4 is 5.73 Å². The van der Waals surface area contributed by atoms with Gasteiger partial charge in [0.1, 0.15) is 11.6 Å². The summed E-state index contributed by atoms with van der Waals surface area (Å²) in [6.45, 7) is 4.66. The molecular formula is C16H17F2N. The van der Waals surface area contributed by atoms with Gasteiger partial charge in [0, 0.05) is 18.0 Å². The van der Waals surface area contributed by atoms with Crippen molar-refractivity contribution in [2.45, 2.75) is 19.3 Å². The molecule has 0 spiro atoms. The van der Waals surface area contributed by atoms with Crippen LogP contribution in [0.4, 0.5) is 8.78 Å². The molecule has 0 atom stereocenters. The molecule has 0 saturated carbocycles. The zero-order valence-electron chi connectivity index (χ0n) is 11.1. The first-order chi connectivity index (χ1) is 8.92. The molecule has 0 aromatic heterocycles. The predicted octanol–water partition coefficient (Wildman–Crippen LogP) is 3.87. The molecule has 0 amide bonds. The van der Waals surface area contributed by atoms with Gasteiger partial charge < -0.3 is 5.73 Å². The summed E-state index contributed by atoms with van der Waals surface area (Å²) >= 11 is 0.